The molecule has 0 bridgehead atoms. The summed E-state index contributed by atoms with van der Waals surface area (Å²) in [6.45, 7) is 8.10. The highest BCUT2D eigenvalue weighted by atomic mass is 16.2. The number of nitrogens with one attached hydrogen (secondary N) is 1. The first kappa shape index (κ1) is 14.1. The number of carbonyl (C=O) groups is 1. The van der Waals surface area contributed by atoms with Crippen molar-refractivity contribution in [2.24, 2.45) is 5.92 Å². The molecule has 1 saturated carbocycles. The number of amides is 1. The third-order valence-corrected chi connectivity index (χ3v) is 3.98. The molecule has 1 aromatic rings. The topological polar surface area (TPSA) is 32.3 Å². The second-order valence-electron chi connectivity index (χ2n) is 5.18. The highest BCUT2D eigenvalue weighted by molar-refractivity contribution is 5.82. The minimum atomic E-state index is 0.194. The van der Waals surface area contributed by atoms with Gasteiger partial charge in [-0.15, -0.1) is 0 Å². The summed E-state index contributed by atoms with van der Waals surface area (Å²) >= 11 is 0. The van der Waals surface area contributed by atoms with Gasteiger partial charge in [0.15, 0.2) is 0 Å². The molecule has 3 nitrogen and oxygen atoms in total. The van der Waals surface area contributed by atoms with Crippen molar-refractivity contribution in [2.75, 3.05) is 26.2 Å². The van der Waals surface area contributed by atoms with E-state index < -0.39 is 0 Å². The summed E-state index contributed by atoms with van der Waals surface area (Å²) in [6.07, 6.45) is 1.00. The van der Waals surface area contributed by atoms with E-state index in [0.29, 0.717) is 5.92 Å². The predicted molar refractivity (Wildman–Crippen MR) is 78.1 cm³/mol. The Kier molecular flexibility index (Phi) is 4.97. The Morgan fingerprint density at radius 2 is 1.95 bits per heavy atom. The van der Waals surface area contributed by atoms with Gasteiger partial charge in [-0.2, -0.15) is 0 Å². The van der Waals surface area contributed by atoms with Crippen LogP contribution >= 0.6 is 0 Å². The van der Waals surface area contributed by atoms with Crippen LogP contribution in [0.4, 0.5) is 0 Å². The van der Waals surface area contributed by atoms with Crippen LogP contribution in [0.25, 0.3) is 0 Å². The van der Waals surface area contributed by atoms with Crippen molar-refractivity contribution in [1.29, 1.82) is 0 Å². The molecule has 1 aromatic carbocycles. The maximum absolute atomic E-state index is 12.0. The van der Waals surface area contributed by atoms with Gasteiger partial charge >= 0.3 is 0 Å². The SMILES string of the molecule is CCN(CC)CCNC(=O)C1CC1c1ccccc1. The van der Waals surface area contributed by atoms with Gasteiger partial charge in [-0.05, 0) is 31.0 Å². The quantitative estimate of drug-likeness (QED) is 0.815. The first-order valence-corrected chi connectivity index (χ1v) is 7.31. The van der Waals surface area contributed by atoms with E-state index in [0.717, 1.165) is 32.6 Å². The van der Waals surface area contributed by atoms with Crippen molar-refractivity contribution in [1.82, 2.24) is 10.2 Å². The van der Waals surface area contributed by atoms with Crippen molar-refractivity contribution in [3.05, 3.63) is 35.9 Å². The molecule has 0 aromatic heterocycles. The molecule has 1 N–H and O–H groups in total. The average Bonchev–Trinajstić information content (AvgIpc) is 3.25. The molecule has 0 saturated heterocycles. The third kappa shape index (κ3) is 3.80. The number of likely N-dealkylation sites (N-methyl/N-ethyl adjacent to an activating group) is 1. The minimum absolute atomic E-state index is 0.194. The van der Waals surface area contributed by atoms with Gasteiger partial charge in [0.05, 0.1) is 0 Å². The standard InChI is InChI=1S/C16H24N2O/c1-3-18(4-2)11-10-17-16(19)15-12-14(15)13-8-6-5-7-9-13/h5-9,14-15H,3-4,10-12H2,1-2H3,(H,17,19). The Hall–Kier alpha value is -1.35. The fourth-order valence-corrected chi connectivity index (χ4v) is 2.56. The summed E-state index contributed by atoms with van der Waals surface area (Å²) in [6, 6.07) is 10.3. The zero-order chi connectivity index (χ0) is 13.7. The molecule has 104 valence electrons. The van der Waals surface area contributed by atoms with Crippen molar-refractivity contribution in [3.8, 4) is 0 Å². The van der Waals surface area contributed by atoms with E-state index in [9.17, 15) is 4.79 Å². The Labute approximate surface area is 116 Å². The van der Waals surface area contributed by atoms with Gasteiger partial charge < -0.3 is 10.2 Å². The largest absolute Gasteiger partial charge is 0.355 e. The lowest BCUT2D eigenvalue weighted by atomic mass is 10.1. The molecular weight excluding hydrogens is 236 g/mol. The molecule has 19 heavy (non-hydrogen) atoms. The molecule has 0 radical (unpaired) electrons. The van der Waals surface area contributed by atoms with Crippen LogP contribution in [0.3, 0.4) is 0 Å². The van der Waals surface area contributed by atoms with Crippen LogP contribution in [0.15, 0.2) is 30.3 Å². The molecule has 1 aliphatic rings. The van der Waals surface area contributed by atoms with Gasteiger partial charge in [-0.1, -0.05) is 44.2 Å². The Bertz CT molecular complexity index is 400. The summed E-state index contributed by atoms with van der Waals surface area (Å²) in [5.74, 6) is 0.856. The third-order valence-electron chi connectivity index (χ3n) is 3.98. The van der Waals surface area contributed by atoms with E-state index >= 15 is 0 Å². The Morgan fingerprint density at radius 1 is 1.26 bits per heavy atom. The van der Waals surface area contributed by atoms with Gasteiger partial charge in [-0.3, -0.25) is 4.79 Å². The molecule has 0 heterocycles. The van der Waals surface area contributed by atoms with Crippen LogP contribution < -0.4 is 5.32 Å². The summed E-state index contributed by atoms with van der Waals surface area (Å²) in [5, 5.41) is 3.06. The number of nitrogens with zero attached hydrogens (tertiary/aromatic N) is 1. The maximum atomic E-state index is 12.0. The van der Waals surface area contributed by atoms with Gasteiger partial charge in [0, 0.05) is 19.0 Å². The van der Waals surface area contributed by atoms with E-state index in [4.69, 9.17) is 0 Å². The lowest BCUT2D eigenvalue weighted by molar-refractivity contribution is -0.122. The van der Waals surface area contributed by atoms with E-state index in [1.165, 1.54) is 5.56 Å². The molecule has 2 rings (SSSR count). The number of hydrogen-bond donors (Lipinski definition) is 1. The molecule has 3 heteroatoms. The molecule has 2 atom stereocenters. The van der Waals surface area contributed by atoms with E-state index in [1.54, 1.807) is 0 Å². The number of rotatable bonds is 7. The van der Waals surface area contributed by atoms with E-state index in [-0.39, 0.29) is 11.8 Å². The molecule has 1 aliphatic carbocycles. The first-order chi connectivity index (χ1) is 9.26. The smallest absolute Gasteiger partial charge is 0.223 e. The van der Waals surface area contributed by atoms with Gasteiger partial charge in [-0.25, -0.2) is 0 Å². The van der Waals surface area contributed by atoms with Crippen LogP contribution in [0.2, 0.25) is 0 Å². The van der Waals surface area contributed by atoms with Crippen LogP contribution in [0.5, 0.6) is 0 Å². The lowest BCUT2D eigenvalue weighted by Gasteiger charge is -2.17. The molecule has 2 unspecified atom stereocenters. The summed E-state index contributed by atoms with van der Waals surface area (Å²) < 4.78 is 0. The van der Waals surface area contributed by atoms with Crippen molar-refractivity contribution in [3.63, 3.8) is 0 Å². The zero-order valence-electron chi connectivity index (χ0n) is 11.9. The maximum Gasteiger partial charge on any atom is 0.223 e. The van der Waals surface area contributed by atoms with Gasteiger partial charge in [0.25, 0.3) is 0 Å². The van der Waals surface area contributed by atoms with Crippen molar-refractivity contribution >= 4 is 5.91 Å². The first-order valence-electron chi connectivity index (χ1n) is 7.31. The normalized spacial score (nSPS) is 21.4. The van der Waals surface area contributed by atoms with E-state index in [1.807, 2.05) is 18.2 Å². The summed E-state index contributed by atoms with van der Waals surface area (Å²) in [5.41, 5.74) is 1.30. The molecular formula is C16H24N2O. The van der Waals surface area contributed by atoms with Crippen LogP contribution in [-0.4, -0.2) is 37.0 Å². The summed E-state index contributed by atoms with van der Waals surface area (Å²) in [7, 11) is 0. The fraction of sp³-hybridized carbons (Fsp3) is 0.562. The molecule has 1 amide bonds. The minimum Gasteiger partial charge on any atom is -0.355 e. The molecule has 1 fully saturated rings. The lowest BCUT2D eigenvalue weighted by Crippen LogP contribution is -2.35. The highest BCUT2D eigenvalue weighted by Gasteiger charge is 2.43. The van der Waals surface area contributed by atoms with Gasteiger partial charge in [0.2, 0.25) is 5.91 Å². The molecule has 0 aliphatic heterocycles. The van der Waals surface area contributed by atoms with Crippen LogP contribution in [0, 0.1) is 5.92 Å². The Morgan fingerprint density at radius 3 is 2.58 bits per heavy atom. The van der Waals surface area contributed by atoms with Crippen molar-refractivity contribution in [2.45, 2.75) is 26.2 Å². The fourth-order valence-electron chi connectivity index (χ4n) is 2.56. The number of benzene rings is 1. The zero-order valence-corrected chi connectivity index (χ0v) is 11.9. The predicted octanol–water partition coefficient (Wildman–Crippen LogP) is 2.25. The average molecular weight is 260 g/mol. The Balaban J connectivity index is 1.71. The number of hydrogen-bond acceptors (Lipinski definition) is 2. The monoisotopic (exact) mass is 260 g/mol. The van der Waals surface area contributed by atoms with E-state index in [2.05, 4.69) is 36.2 Å². The summed E-state index contributed by atoms with van der Waals surface area (Å²) in [4.78, 5) is 14.3. The van der Waals surface area contributed by atoms with Crippen LogP contribution in [-0.2, 0) is 4.79 Å². The van der Waals surface area contributed by atoms with Crippen LogP contribution in [0.1, 0.15) is 31.7 Å². The second kappa shape index (κ2) is 6.71. The van der Waals surface area contributed by atoms with Gasteiger partial charge in [0.1, 0.15) is 0 Å². The molecule has 0 spiro atoms. The van der Waals surface area contributed by atoms with Crippen molar-refractivity contribution < 1.29 is 4.79 Å². The highest BCUT2D eigenvalue weighted by Crippen LogP contribution is 2.47. The second-order valence-corrected chi connectivity index (χ2v) is 5.18. The number of carbonyl (C=O) groups excluding carboxylic acids is 1.